The normalized spacial score (nSPS) is 24.6. The van der Waals surface area contributed by atoms with Crippen LogP contribution in [0.25, 0.3) is 10.4 Å². The first-order chi connectivity index (χ1) is 15.1. The van der Waals surface area contributed by atoms with E-state index < -0.39 is 54.5 Å². The van der Waals surface area contributed by atoms with Gasteiger partial charge < -0.3 is 33.7 Å². The third-order valence-electron chi connectivity index (χ3n) is 3.98. The number of nitrogens with one attached hydrogen (secondary N) is 1. The van der Waals surface area contributed by atoms with Gasteiger partial charge in [0, 0.05) is 39.2 Å². The Bertz CT molecular complexity index is 712. The molecule has 0 aromatic rings. The molecule has 0 radical (unpaired) electrons. The molecule has 5 atom stereocenters. The van der Waals surface area contributed by atoms with Gasteiger partial charge in [0.25, 0.3) is 0 Å². The van der Waals surface area contributed by atoms with Crippen LogP contribution in [0.15, 0.2) is 5.11 Å². The molecule has 0 aliphatic carbocycles. The van der Waals surface area contributed by atoms with Gasteiger partial charge in [-0.25, -0.2) is 0 Å². The van der Waals surface area contributed by atoms with Crippen LogP contribution in [0.3, 0.4) is 0 Å². The first kappa shape index (κ1) is 27.1. The summed E-state index contributed by atoms with van der Waals surface area (Å²) in [6.45, 7) is 4.84. The van der Waals surface area contributed by atoms with Crippen molar-refractivity contribution in [2.24, 2.45) is 5.11 Å². The molecule has 1 aliphatic heterocycles. The SMILES string of the molecule is CC(=O)N[C@@H]1C(OC(C)=O)[C@@H](OC(C)=O)C(COC(C)=O)O[C@@H]1OCCOCCN=[N+]=[N-]. The summed E-state index contributed by atoms with van der Waals surface area (Å²) >= 11 is 0. The lowest BCUT2D eigenvalue weighted by atomic mass is 9.96. The van der Waals surface area contributed by atoms with Crippen molar-refractivity contribution in [2.45, 2.75) is 58.3 Å². The summed E-state index contributed by atoms with van der Waals surface area (Å²) in [5.74, 6) is -2.47. The molecule has 180 valence electrons. The highest BCUT2D eigenvalue weighted by Crippen LogP contribution is 2.28. The largest absolute Gasteiger partial charge is 0.463 e. The van der Waals surface area contributed by atoms with Crippen molar-refractivity contribution in [3.05, 3.63) is 10.4 Å². The number of esters is 3. The lowest BCUT2D eigenvalue weighted by Gasteiger charge is -2.44. The highest BCUT2D eigenvalue weighted by Gasteiger charge is 2.51. The first-order valence-electron chi connectivity index (χ1n) is 9.76. The predicted molar refractivity (Wildman–Crippen MR) is 105 cm³/mol. The van der Waals surface area contributed by atoms with E-state index in [1.54, 1.807) is 0 Å². The second-order valence-electron chi connectivity index (χ2n) is 6.66. The minimum Gasteiger partial charge on any atom is -0.463 e. The topological polar surface area (TPSA) is 184 Å². The van der Waals surface area contributed by atoms with Gasteiger partial charge in [-0.1, -0.05) is 5.11 Å². The predicted octanol–water partition coefficient (Wildman–Crippen LogP) is -0.0140. The highest BCUT2D eigenvalue weighted by atomic mass is 16.7. The number of rotatable bonds is 12. The molecule has 0 spiro atoms. The second-order valence-corrected chi connectivity index (χ2v) is 6.66. The van der Waals surface area contributed by atoms with Crippen molar-refractivity contribution in [2.75, 3.05) is 33.0 Å². The van der Waals surface area contributed by atoms with Crippen LogP contribution in [0.5, 0.6) is 0 Å². The van der Waals surface area contributed by atoms with Gasteiger partial charge in [0.1, 0.15) is 18.8 Å². The fourth-order valence-corrected chi connectivity index (χ4v) is 2.91. The van der Waals surface area contributed by atoms with Crippen molar-refractivity contribution in [1.29, 1.82) is 0 Å². The summed E-state index contributed by atoms with van der Waals surface area (Å²) in [6, 6.07) is -1.04. The monoisotopic (exact) mass is 460 g/mol. The van der Waals surface area contributed by atoms with Crippen LogP contribution in [0.4, 0.5) is 0 Å². The maximum Gasteiger partial charge on any atom is 0.303 e. The quantitative estimate of drug-likeness (QED) is 0.104. The van der Waals surface area contributed by atoms with Gasteiger partial charge in [-0.2, -0.15) is 0 Å². The van der Waals surface area contributed by atoms with Crippen LogP contribution in [0, 0.1) is 0 Å². The maximum absolute atomic E-state index is 11.8. The zero-order valence-electron chi connectivity index (χ0n) is 18.3. The third-order valence-corrected chi connectivity index (χ3v) is 3.98. The molecule has 1 N–H and O–H groups in total. The zero-order valence-corrected chi connectivity index (χ0v) is 18.3. The Kier molecular flexibility index (Phi) is 12.0. The number of carbonyl (C=O) groups excluding carboxylic acids is 4. The molecule has 0 bridgehead atoms. The number of hydrogen-bond acceptors (Lipinski definition) is 11. The van der Waals surface area contributed by atoms with Gasteiger partial charge in [-0.05, 0) is 5.53 Å². The van der Waals surface area contributed by atoms with Crippen molar-refractivity contribution in [3.8, 4) is 0 Å². The van der Waals surface area contributed by atoms with Gasteiger partial charge >= 0.3 is 17.9 Å². The molecular formula is C18H28N4O10. The summed E-state index contributed by atoms with van der Waals surface area (Å²) in [5, 5.41) is 5.91. The average molecular weight is 460 g/mol. The van der Waals surface area contributed by atoms with Gasteiger partial charge in [0.05, 0.1) is 19.8 Å². The Morgan fingerprint density at radius 1 is 0.969 bits per heavy atom. The van der Waals surface area contributed by atoms with Crippen LogP contribution in [-0.4, -0.2) is 87.4 Å². The van der Waals surface area contributed by atoms with E-state index in [0.717, 1.165) is 13.8 Å². The number of carbonyl (C=O) groups is 4. The van der Waals surface area contributed by atoms with Crippen LogP contribution < -0.4 is 5.32 Å². The third kappa shape index (κ3) is 9.92. The van der Waals surface area contributed by atoms with Crippen LogP contribution in [0.1, 0.15) is 27.7 Å². The van der Waals surface area contributed by atoms with Crippen molar-refractivity contribution in [3.63, 3.8) is 0 Å². The van der Waals surface area contributed by atoms with E-state index in [0.29, 0.717) is 0 Å². The Morgan fingerprint density at radius 3 is 2.19 bits per heavy atom. The van der Waals surface area contributed by atoms with E-state index in [4.69, 9.17) is 34.0 Å². The molecule has 1 fully saturated rings. The van der Waals surface area contributed by atoms with Gasteiger partial charge in [-0.3, -0.25) is 19.2 Å². The molecular weight excluding hydrogens is 432 g/mol. The second kappa shape index (κ2) is 14.2. The lowest BCUT2D eigenvalue weighted by Crippen LogP contribution is -2.66. The number of ether oxygens (including phenoxy) is 6. The van der Waals surface area contributed by atoms with Crippen molar-refractivity contribution in [1.82, 2.24) is 5.32 Å². The van der Waals surface area contributed by atoms with E-state index >= 15 is 0 Å². The van der Waals surface area contributed by atoms with Crippen LogP contribution in [-0.2, 0) is 47.6 Å². The fraction of sp³-hybridized carbons (Fsp3) is 0.778. The van der Waals surface area contributed by atoms with E-state index in [9.17, 15) is 19.2 Å². The minimum atomic E-state index is -1.19. The maximum atomic E-state index is 11.8. The smallest absolute Gasteiger partial charge is 0.303 e. The molecule has 0 aromatic carbocycles. The number of nitrogens with zero attached hydrogens (tertiary/aromatic N) is 3. The lowest BCUT2D eigenvalue weighted by molar-refractivity contribution is -0.279. The summed E-state index contributed by atoms with van der Waals surface area (Å²) in [7, 11) is 0. The molecule has 32 heavy (non-hydrogen) atoms. The molecule has 14 heteroatoms. The fourth-order valence-electron chi connectivity index (χ4n) is 2.91. The van der Waals surface area contributed by atoms with E-state index in [2.05, 4.69) is 15.3 Å². The molecule has 1 aliphatic rings. The Labute approximate surface area is 184 Å². The Hall–Kier alpha value is -2.93. The molecule has 1 rings (SSSR count). The number of amides is 1. The number of hydrogen-bond donors (Lipinski definition) is 1. The van der Waals surface area contributed by atoms with Crippen molar-refractivity contribution < 1.29 is 47.6 Å². The molecule has 2 unspecified atom stereocenters. The summed E-state index contributed by atoms with van der Waals surface area (Å²) < 4.78 is 32.4. The summed E-state index contributed by atoms with van der Waals surface area (Å²) in [4.78, 5) is 49.1. The minimum absolute atomic E-state index is 0.00231. The van der Waals surface area contributed by atoms with Gasteiger partial charge in [0.2, 0.25) is 5.91 Å². The van der Waals surface area contributed by atoms with E-state index in [1.165, 1.54) is 13.8 Å². The summed E-state index contributed by atoms with van der Waals surface area (Å²) in [6.07, 6.45) is -4.58. The van der Waals surface area contributed by atoms with Crippen LogP contribution in [0.2, 0.25) is 0 Å². The number of azide groups is 1. The average Bonchev–Trinajstić information content (AvgIpc) is 2.68. The highest BCUT2D eigenvalue weighted by molar-refractivity contribution is 5.73. The molecule has 0 aromatic heterocycles. The molecule has 1 amide bonds. The summed E-state index contributed by atoms with van der Waals surface area (Å²) in [5.41, 5.74) is 8.23. The standard InChI is InChI=1S/C18H28N4O10/c1-10(23)21-15-17(31-13(4)26)16(30-12(3)25)14(9-29-11(2)24)32-18(15)28-8-7-27-6-5-20-22-19/h14-18H,5-9H2,1-4H3,(H,21,23)/t14?,15-,16+,17?,18+/m1/s1. The Balaban J connectivity index is 3.05. The Morgan fingerprint density at radius 2 is 1.62 bits per heavy atom. The van der Waals surface area contributed by atoms with Crippen LogP contribution >= 0.6 is 0 Å². The van der Waals surface area contributed by atoms with Crippen molar-refractivity contribution >= 4 is 23.8 Å². The van der Waals surface area contributed by atoms with E-state index in [-0.39, 0.29) is 33.0 Å². The molecule has 1 heterocycles. The van der Waals surface area contributed by atoms with Gasteiger partial charge in [0.15, 0.2) is 18.5 Å². The van der Waals surface area contributed by atoms with E-state index in [1.807, 2.05) is 0 Å². The van der Waals surface area contributed by atoms with Gasteiger partial charge in [-0.15, -0.1) is 0 Å². The zero-order chi connectivity index (χ0) is 24.1. The first-order valence-corrected chi connectivity index (χ1v) is 9.76. The molecule has 14 nitrogen and oxygen atoms in total. The molecule has 0 saturated carbocycles. The molecule has 1 saturated heterocycles.